The SMILES string of the molecule is CC1CN(C(O)CCCC(C)(C)C)CC1O. The number of aliphatic hydroxyl groups is 2. The zero-order valence-corrected chi connectivity index (χ0v) is 11.1. The Kier molecular flexibility index (Phi) is 4.77. The van der Waals surface area contributed by atoms with Crippen molar-refractivity contribution in [3.63, 3.8) is 0 Å². The van der Waals surface area contributed by atoms with Gasteiger partial charge in [0.25, 0.3) is 0 Å². The molecule has 1 rings (SSSR count). The highest BCUT2D eigenvalue weighted by Gasteiger charge is 2.31. The van der Waals surface area contributed by atoms with Gasteiger partial charge in [0.2, 0.25) is 0 Å². The number of likely N-dealkylation sites (tertiary alicyclic amines) is 1. The van der Waals surface area contributed by atoms with Crippen molar-refractivity contribution in [1.82, 2.24) is 4.90 Å². The van der Waals surface area contributed by atoms with Crippen LogP contribution in [0, 0.1) is 11.3 Å². The number of hydrogen-bond donors (Lipinski definition) is 2. The molecule has 0 aromatic carbocycles. The van der Waals surface area contributed by atoms with Gasteiger partial charge in [0, 0.05) is 13.1 Å². The third-order valence-corrected chi connectivity index (χ3v) is 3.41. The fourth-order valence-corrected chi connectivity index (χ4v) is 2.23. The lowest BCUT2D eigenvalue weighted by atomic mass is 9.90. The minimum Gasteiger partial charge on any atom is -0.391 e. The predicted octanol–water partition coefficient (Wildman–Crippen LogP) is 1.83. The van der Waals surface area contributed by atoms with Crippen LogP contribution in [0.15, 0.2) is 0 Å². The molecule has 0 aliphatic carbocycles. The van der Waals surface area contributed by atoms with Crippen molar-refractivity contribution in [3.8, 4) is 0 Å². The van der Waals surface area contributed by atoms with Crippen LogP contribution >= 0.6 is 0 Å². The highest BCUT2D eigenvalue weighted by molar-refractivity contribution is 4.82. The Bertz CT molecular complexity index is 202. The summed E-state index contributed by atoms with van der Waals surface area (Å²) in [7, 11) is 0. The molecular formula is C13H27NO2. The molecule has 3 atom stereocenters. The van der Waals surface area contributed by atoms with Crippen LogP contribution in [0.4, 0.5) is 0 Å². The quantitative estimate of drug-likeness (QED) is 0.773. The molecule has 0 amide bonds. The lowest BCUT2D eigenvalue weighted by Gasteiger charge is -2.24. The number of aliphatic hydroxyl groups excluding tert-OH is 2. The third kappa shape index (κ3) is 4.40. The maximum absolute atomic E-state index is 10.00. The predicted molar refractivity (Wildman–Crippen MR) is 66.1 cm³/mol. The molecule has 1 fully saturated rings. The van der Waals surface area contributed by atoms with Crippen molar-refractivity contribution in [1.29, 1.82) is 0 Å². The minimum absolute atomic E-state index is 0.266. The lowest BCUT2D eigenvalue weighted by Crippen LogP contribution is -2.34. The van der Waals surface area contributed by atoms with Gasteiger partial charge in [-0.1, -0.05) is 27.7 Å². The van der Waals surface area contributed by atoms with Crippen LogP contribution in [0.2, 0.25) is 0 Å². The number of β-amino-alcohol motifs (C(OH)–C–C–N with tert-alkyl or cyclic N) is 1. The van der Waals surface area contributed by atoms with E-state index < -0.39 is 0 Å². The van der Waals surface area contributed by atoms with E-state index >= 15 is 0 Å². The molecule has 2 N–H and O–H groups in total. The van der Waals surface area contributed by atoms with Crippen molar-refractivity contribution in [2.75, 3.05) is 13.1 Å². The minimum atomic E-state index is -0.373. The van der Waals surface area contributed by atoms with E-state index in [0.29, 0.717) is 12.0 Å². The van der Waals surface area contributed by atoms with Crippen molar-refractivity contribution in [2.24, 2.45) is 11.3 Å². The smallest absolute Gasteiger partial charge is 0.107 e. The van der Waals surface area contributed by atoms with E-state index in [2.05, 4.69) is 20.8 Å². The van der Waals surface area contributed by atoms with E-state index in [0.717, 1.165) is 25.8 Å². The van der Waals surface area contributed by atoms with Gasteiger partial charge in [0.05, 0.1) is 6.10 Å². The van der Waals surface area contributed by atoms with Gasteiger partial charge in [0.15, 0.2) is 0 Å². The Balaban J connectivity index is 2.23. The van der Waals surface area contributed by atoms with E-state index in [1.54, 1.807) is 0 Å². The number of nitrogens with zero attached hydrogens (tertiary/aromatic N) is 1. The molecule has 0 radical (unpaired) electrons. The first-order chi connectivity index (χ1) is 7.29. The molecule has 0 aromatic rings. The summed E-state index contributed by atoms with van der Waals surface area (Å²) in [5.41, 5.74) is 0.345. The summed E-state index contributed by atoms with van der Waals surface area (Å²) in [4.78, 5) is 2.00. The van der Waals surface area contributed by atoms with Gasteiger partial charge in [-0.25, -0.2) is 0 Å². The zero-order chi connectivity index (χ0) is 12.3. The average Bonchev–Trinajstić information content (AvgIpc) is 2.45. The Morgan fingerprint density at radius 2 is 1.94 bits per heavy atom. The van der Waals surface area contributed by atoms with Crippen molar-refractivity contribution >= 4 is 0 Å². The average molecular weight is 229 g/mol. The van der Waals surface area contributed by atoms with Gasteiger partial charge in [-0.3, -0.25) is 4.90 Å². The molecule has 0 bridgehead atoms. The Hall–Kier alpha value is -0.120. The Morgan fingerprint density at radius 1 is 1.31 bits per heavy atom. The summed E-state index contributed by atoms with van der Waals surface area (Å²) >= 11 is 0. The second-order valence-corrected chi connectivity index (χ2v) is 6.43. The Labute approximate surface area is 99.5 Å². The van der Waals surface area contributed by atoms with Crippen LogP contribution < -0.4 is 0 Å². The van der Waals surface area contributed by atoms with Crippen LogP contribution in [0.3, 0.4) is 0 Å². The molecule has 0 saturated carbocycles. The monoisotopic (exact) mass is 229 g/mol. The molecule has 16 heavy (non-hydrogen) atoms. The standard InChI is InChI=1S/C13H27NO2/c1-10-8-14(9-11(10)15)12(16)6-5-7-13(2,3)4/h10-12,15-16H,5-9H2,1-4H3. The second kappa shape index (κ2) is 5.48. The van der Waals surface area contributed by atoms with E-state index in [4.69, 9.17) is 0 Å². The van der Waals surface area contributed by atoms with Crippen LogP contribution in [0.5, 0.6) is 0 Å². The van der Waals surface area contributed by atoms with E-state index in [1.807, 2.05) is 11.8 Å². The van der Waals surface area contributed by atoms with Gasteiger partial charge in [0.1, 0.15) is 6.23 Å². The third-order valence-electron chi connectivity index (χ3n) is 3.41. The normalized spacial score (nSPS) is 29.6. The fraction of sp³-hybridized carbons (Fsp3) is 1.00. The molecule has 3 heteroatoms. The van der Waals surface area contributed by atoms with E-state index in [9.17, 15) is 10.2 Å². The van der Waals surface area contributed by atoms with Gasteiger partial charge in [-0.15, -0.1) is 0 Å². The first-order valence-corrected chi connectivity index (χ1v) is 6.40. The first kappa shape index (κ1) is 13.9. The molecule has 1 saturated heterocycles. The molecule has 1 heterocycles. The molecule has 1 aliphatic rings. The number of rotatable bonds is 4. The summed E-state index contributed by atoms with van der Waals surface area (Å²) in [5.74, 6) is 0.289. The van der Waals surface area contributed by atoms with Gasteiger partial charge in [-0.05, 0) is 30.6 Å². The summed E-state index contributed by atoms with van der Waals surface area (Å²) < 4.78 is 0. The zero-order valence-electron chi connectivity index (χ0n) is 11.1. The van der Waals surface area contributed by atoms with Crippen LogP contribution in [0.25, 0.3) is 0 Å². The number of hydrogen-bond acceptors (Lipinski definition) is 3. The molecule has 0 aromatic heterocycles. The molecular weight excluding hydrogens is 202 g/mol. The highest BCUT2D eigenvalue weighted by Crippen LogP contribution is 2.24. The van der Waals surface area contributed by atoms with E-state index in [-0.39, 0.29) is 18.2 Å². The lowest BCUT2D eigenvalue weighted by molar-refractivity contribution is 0.00262. The Morgan fingerprint density at radius 3 is 2.38 bits per heavy atom. The largest absolute Gasteiger partial charge is 0.391 e. The van der Waals surface area contributed by atoms with Crippen LogP contribution in [-0.4, -0.2) is 40.5 Å². The van der Waals surface area contributed by atoms with Crippen LogP contribution in [0.1, 0.15) is 47.0 Å². The highest BCUT2D eigenvalue weighted by atomic mass is 16.3. The van der Waals surface area contributed by atoms with Crippen molar-refractivity contribution < 1.29 is 10.2 Å². The van der Waals surface area contributed by atoms with Crippen molar-refractivity contribution in [2.45, 2.75) is 59.3 Å². The van der Waals surface area contributed by atoms with Crippen molar-refractivity contribution in [3.05, 3.63) is 0 Å². The molecule has 3 unspecified atom stereocenters. The fourth-order valence-electron chi connectivity index (χ4n) is 2.23. The maximum Gasteiger partial charge on any atom is 0.107 e. The maximum atomic E-state index is 10.00. The second-order valence-electron chi connectivity index (χ2n) is 6.43. The van der Waals surface area contributed by atoms with E-state index in [1.165, 1.54) is 0 Å². The summed E-state index contributed by atoms with van der Waals surface area (Å²) in [6.45, 7) is 10.1. The molecule has 96 valence electrons. The molecule has 0 spiro atoms. The van der Waals surface area contributed by atoms with Gasteiger partial charge >= 0.3 is 0 Å². The summed E-state index contributed by atoms with van der Waals surface area (Å²) in [5, 5.41) is 19.6. The van der Waals surface area contributed by atoms with Gasteiger partial charge in [-0.2, -0.15) is 0 Å². The molecule has 1 aliphatic heterocycles. The summed E-state index contributed by atoms with van der Waals surface area (Å²) in [6, 6.07) is 0. The first-order valence-electron chi connectivity index (χ1n) is 6.40. The molecule has 3 nitrogen and oxygen atoms in total. The summed E-state index contributed by atoms with van der Waals surface area (Å²) in [6.07, 6.45) is 2.36. The van der Waals surface area contributed by atoms with Crippen LogP contribution in [-0.2, 0) is 0 Å². The topological polar surface area (TPSA) is 43.7 Å². The van der Waals surface area contributed by atoms with Gasteiger partial charge < -0.3 is 10.2 Å².